The Morgan fingerprint density at radius 3 is 2.52 bits per heavy atom. The first-order valence-corrected chi connectivity index (χ1v) is 9.18. The van der Waals surface area contributed by atoms with E-state index < -0.39 is 0 Å². The number of hydrogen-bond donors (Lipinski definition) is 1. The molecule has 1 aromatic heterocycles. The monoisotopic (exact) mass is 360 g/mol. The Bertz CT molecular complexity index is 922. The molecule has 0 unspecified atom stereocenters. The number of hydrogen-bond acceptors (Lipinski definition) is 4. The summed E-state index contributed by atoms with van der Waals surface area (Å²) in [7, 11) is 0. The van der Waals surface area contributed by atoms with E-state index in [1.807, 2.05) is 56.3 Å². The average molecular weight is 360 g/mol. The highest BCUT2D eigenvalue weighted by Crippen LogP contribution is 2.21. The molecule has 0 saturated carbocycles. The second kappa shape index (κ2) is 8.45. The van der Waals surface area contributed by atoms with Gasteiger partial charge in [0.15, 0.2) is 0 Å². The smallest absolute Gasteiger partial charge is 0.278 e. The summed E-state index contributed by atoms with van der Waals surface area (Å²) in [5.41, 5.74) is 4.51. The molecule has 2 aromatic carbocycles. The number of aromatic nitrogens is 2. The Kier molecular flexibility index (Phi) is 5.81. The second-order valence-electron chi connectivity index (χ2n) is 6.31. The van der Waals surface area contributed by atoms with Gasteiger partial charge in [-0.1, -0.05) is 37.3 Å². The molecule has 0 radical (unpaired) electrons. The highest BCUT2D eigenvalue weighted by molar-refractivity contribution is 6.04. The largest absolute Gasteiger partial charge is 0.339 e. The number of benzene rings is 2. The summed E-state index contributed by atoms with van der Waals surface area (Å²) < 4.78 is 0. The Labute approximate surface area is 160 Å². The first kappa shape index (κ1) is 18.6. The Hall–Kier alpha value is -3.21. The van der Waals surface area contributed by atoms with E-state index in [-0.39, 0.29) is 5.91 Å². The Morgan fingerprint density at radius 1 is 1.04 bits per heavy atom. The average Bonchev–Trinajstić information content (AvgIpc) is 2.69. The van der Waals surface area contributed by atoms with E-state index in [0.29, 0.717) is 18.1 Å². The van der Waals surface area contributed by atoms with Gasteiger partial charge in [0.05, 0.1) is 12.4 Å². The minimum Gasteiger partial charge on any atom is -0.339 e. The van der Waals surface area contributed by atoms with E-state index in [0.717, 1.165) is 23.4 Å². The van der Waals surface area contributed by atoms with Crippen LogP contribution in [0.25, 0.3) is 0 Å². The number of amides is 1. The molecule has 27 heavy (non-hydrogen) atoms. The topological polar surface area (TPSA) is 58.1 Å². The summed E-state index contributed by atoms with van der Waals surface area (Å²) in [6.07, 6.45) is 4.05. The van der Waals surface area contributed by atoms with Gasteiger partial charge in [-0.25, -0.2) is 9.97 Å². The van der Waals surface area contributed by atoms with Gasteiger partial charge in [-0.3, -0.25) is 4.79 Å². The van der Waals surface area contributed by atoms with Crippen molar-refractivity contribution in [2.45, 2.75) is 27.2 Å². The minimum atomic E-state index is -0.156. The molecule has 0 fully saturated rings. The molecule has 0 atom stereocenters. The van der Waals surface area contributed by atoms with Crippen molar-refractivity contribution in [3.8, 4) is 0 Å². The third kappa shape index (κ3) is 4.31. The van der Waals surface area contributed by atoms with Gasteiger partial charge in [0.2, 0.25) is 0 Å². The molecular formula is C22H24N4O. The van der Waals surface area contributed by atoms with Crippen LogP contribution >= 0.6 is 0 Å². The van der Waals surface area contributed by atoms with Crippen LogP contribution in [-0.2, 0) is 6.42 Å². The summed E-state index contributed by atoms with van der Waals surface area (Å²) in [6.45, 7) is 6.63. The van der Waals surface area contributed by atoms with Gasteiger partial charge < -0.3 is 10.2 Å². The molecule has 0 aliphatic carbocycles. The van der Waals surface area contributed by atoms with Crippen LogP contribution in [0.1, 0.15) is 35.5 Å². The molecule has 138 valence electrons. The van der Waals surface area contributed by atoms with Gasteiger partial charge in [0.1, 0.15) is 11.5 Å². The number of carbonyl (C=O) groups is 1. The van der Waals surface area contributed by atoms with Crippen molar-refractivity contribution in [3.05, 3.63) is 77.7 Å². The van der Waals surface area contributed by atoms with Crippen molar-refractivity contribution in [1.82, 2.24) is 9.97 Å². The molecule has 0 aliphatic rings. The Balaban J connectivity index is 1.78. The number of nitrogens with one attached hydrogen (secondary N) is 1. The number of nitrogens with zero attached hydrogens (tertiary/aromatic N) is 3. The molecule has 1 N–H and O–H groups in total. The van der Waals surface area contributed by atoms with Crippen LogP contribution in [0.5, 0.6) is 0 Å². The molecule has 0 bridgehead atoms. The first-order valence-electron chi connectivity index (χ1n) is 9.18. The third-order valence-corrected chi connectivity index (χ3v) is 4.41. The van der Waals surface area contributed by atoms with Crippen LogP contribution in [0.2, 0.25) is 0 Å². The van der Waals surface area contributed by atoms with Crippen LogP contribution < -0.4 is 10.2 Å². The number of carbonyl (C=O) groups excluding carboxylic acids is 1. The highest BCUT2D eigenvalue weighted by atomic mass is 16.2. The standard InChI is InChI=1S/C22H24N4O/c1-4-17-10-6-7-12-19(17)25-21-15-23-20(14-24-21)22(27)26(5-2)18-11-8-9-16(3)13-18/h6-15H,4-5H2,1-3H3,(H,24,25). The zero-order valence-electron chi connectivity index (χ0n) is 15.9. The zero-order valence-corrected chi connectivity index (χ0v) is 15.9. The Morgan fingerprint density at radius 2 is 1.85 bits per heavy atom. The van der Waals surface area contributed by atoms with E-state index in [1.165, 1.54) is 11.8 Å². The van der Waals surface area contributed by atoms with E-state index in [9.17, 15) is 4.79 Å². The normalized spacial score (nSPS) is 10.5. The fourth-order valence-corrected chi connectivity index (χ4v) is 2.97. The lowest BCUT2D eigenvalue weighted by atomic mass is 10.1. The maximum atomic E-state index is 12.9. The van der Waals surface area contributed by atoms with Crippen molar-refractivity contribution in [3.63, 3.8) is 0 Å². The van der Waals surface area contributed by atoms with Crippen molar-refractivity contribution in [2.24, 2.45) is 0 Å². The molecule has 3 aromatic rings. The van der Waals surface area contributed by atoms with Crippen LogP contribution in [0.4, 0.5) is 17.2 Å². The first-order chi connectivity index (χ1) is 13.1. The number of anilines is 3. The van der Waals surface area contributed by atoms with E-state index in [2.05, 4.69) is 28.3 Å². The lowest BCUT2D eigenvalue weighted by Gasteiger charge is -2.21. The lowest BCUT2D eigenvalue weighted by molar-refractivity contribution is 0.0983. The summed E-state index contributed by atoms with van der Waals surface area (Å²) in [4.78, 5) is 23.3. The lowest BCUT2D eigenvalue weighted by Crippen LogP contribution is -2.31. The van der Waals surface area contributed by atoms with Crippen LogP contribution in [-0.4, -0.2) is 22.4 Å². The van der Waals surface area contributed by atoms with Gasteiger partial charge in [-0.2, -0.15) is 0 Å². The third-order valence-electron chi connectivity index (χ3n) is 4.41. The molecule has 0 aliphatic heterocycles. The molecule has 1 amide bonds. The summed E-state index contributed by atoms with van der Waals surface area (Å²) in [6, 6.07) is 16.0. The predicted molar refractivity (Wildman–Crippen MR) is 110 cm³/mol. The van der Waals surface area contributed by atoms with Crippen molar-refractivity contribution < 1.29 is 4.79 Å². The fourth-order valence-electron chi connectivity index (χ4n) is 2.97. The molecule has 5 heteroatoms. The van der Waals surface area contributed by atoms with Gasteiger partial charge in [-0.05, 0) is 49.6 Å². The number of aryl methyl sites for hydroxylation is 2. The predicted octanol–water partition coefficient (Wildman–Crippen LogP) is 4.76. The van der Waals surface area contributed by atoms with Gasteiger partial charge in [0, 0.05) is 17.9 Å². The van der Waals surface area contributed by atoms with Gasteiger partial charge in [0.25, 0.3) is 5.91 Å². The van der Waals surface area contributed by atoms with E-state index in [1.54, 1.807) is 11.1 Å². The van der Waals surface area contributed by atoms with Crippen LogP contribution in [0, 0.1) is 6.92 Å². The number of rotatable bonds is 6. The molecule has 0 saturated heterocycles. The van der Waals surface area contributed by atoms with E-state index >= 15 is 0 Å². The maximum Gasteiger partial charge on any atom is 0.278 e. The SMILES string of the molecule is CCc1ccccc1Nc1cnc(C(=O)N(CC)c2cccc(C)c2)cn1. The highest BCUT2D eigenvalue weighted by Gasteiger charge is 2.18. The molecule has 0 spiro atoms. The number of para-hydroxylation sites is 1. The van der Waals surface area contributed by atoms with E-state index in [4.69, 9.17) is 0 Å². The van der Waals surface area contributed by atoms with Gasteiger partial charge >= 0.3 is 0 Å². The van der Waals surface area contributed by atoms with Crippen molar-refractivity contribution in [1.29, 1.82) is 0 Å². The van der Waals surface area contributed by atoms with Crippen molar-refractivity contribution in [2.75, 3.05) is 16.8 Å². The molecule has 5 nitrogen and oxygen atoms in total. The molecular weight excluding hydrogens is 336 g/mol. The zero-order chi connectivity index (χ0) is 19.2. The second-order valence-corrected chi connectivity index (χ2v) is 6.31. The maximum absolute atomic E-state index is 12.9. The quantitative estimate of drug-likeness (QED) is 0.689. The van der Waals surface area contributed by atoms with Gasteiger partial charge in [-0.15, -0.1) is 0 Å². The fraction of sp³-hybridized carbons (Fsp3) is 0.227. The minimum absolute atomic E-state index is 0.156. The van der Waals surface area contributed by atoms with Crippen molar-refractivity contribution >= 4 is 23.1 Å². The molecule has 1 heterocycles. The summed E-state index contributed by atoms with van der Waals surface area (Å²) >= 11 is 0. The molecule has 3 rings (SSSR count). The van der Waals surface area contributed by atoms with Crippen LogP contribution in [0.15, 0.2) is 60.9 Å². The van der Waals surface area contributed by atoms with Crippen LogP contribution in [0.3, 0.4) is 0 Å². The summed E-state index contributed by atoms with van der Waals surface area (Å²) in [5.74, 6) is 0.460. The summed E-state index contributed by atoms with van der Waals surface area (Å²) in [5, 5.41) is 3.27.